The molecule has 1 atom stereocenters. The lowest BCUT2D eigenvalue weighted by molar-refractivity contribution is 0.368. The summed E-state index contributed by atoms with van der Waals surface area (Å²) in [4.78, 5) is 15.8. The molecule has 0 saturated heterocycles. The second-order valence-electron chi connectivity index (χ2n) is 6.34. The lowest BCUT2D eigenvalue weighted by atomic mass is 9.82. The molecule has 3 heterocycles. The third-order valence-corrected chi connectivity index (χ3v) is 4.92. The van der Waals surface area contributed by atoms with Crippen LogP contribution in [0.1, 0.15) is 17.0 Å². The van der Waals surface area contributed by atoms with Crippen LogP contribution in [0, 0.1) is 11.3 Å². The lowest BCUT2D eigenvalue weighted by Gasteiger charge is -2.26. The first-order valence-corrected chi connectivity index (χ1v) is 8.38. The number of rotatable bonds is 1. The van der Waals surface area contributed by atoms with Crippen LogP contribution in [0.3, 0.4) is 0 Å². The Labute approximate surface area is 153 Å². The van der Waals surface area contributed by atoms with Crippen LogP contribution < -0.4 is 16.1 Å². The highest BCUT2D eigenvalue weighted by Gasteiger charge is 2.36. The van der Waals surface area contributed by atoms with E-state index in [1.165, 1.54) is 0 Å². The van der Waals surface area contributed by atoms with E-state index >= 15 is 0 Å². The fraction of sp³-hybridized carbons (Fsp3) is 0.0476. The van der Waals surface area contributed by atoms with Crippen LogP contribution in [0.2, 0.25) is 0 Å². The standard InChI is InChI=1S/C21H13N3O3/c22-9-13-17(14-10-24-15-7-3-1-5-11(14)15)18-12-6-2-4-8-16(12)26-21(25)19(18)27-20(13)23/h1-8,10,17,24H,23H2. The van der Waals surface area contributed by atoms with Gasteiger partial charge in [-0.2, -0.15) is 5.26 Å². The molecule has 4 aromatic rings. The first kappa shape index (κ1) is 15.3. The Morgan fingerprint density at radius 3 is 2.63 bits per heavy atom. The number of nitrogens with one attached hydrogen (secondary N) is 1. The summed E-state index contributed by atoms with van der Waals surface area (Å²) >= 11 is 0. The molecular weight excluding hydrogens is 342 g/mol. The number of aromatic nitrogens is 1. The van der Waals surface area contributed by atoms with Crippen LogP contribution in [0.25, 0.3) is 21.9 Å². The molecule has 0 radical (unpaired) electrons. The van der Waals surface area contributed by atoms with Crippen molar-refractivity contribution in [3.63, 3.8) is 0 Å². The quantitative estimate of drug-likeness (QED) is 0.509. The van der Waals surface area contributed by atoms with E-state index in [4.69, 9.17) is 14.9 Å². The van der Waals surface area contributed by atoms with Gasteiger partial charge in [-0.3, -0.25) is 0 Å². The molecule has 0 spiro atoms. The average Bonchev–Trinajstić information content (AvgIpc) is 3.11. The van der Waals surface area contributed by atoms with E-state index in [1.54, 1.807) is 12.1 Å². The Bertz CT molecular complexity index is 1350. The molecule has 6 nitrogen and oxygen atoms in total. The Balaban J connectivity index is 1.93. The second-order valence-corrected chi connectivity index (χ2v) is 6.34. The first-order valence-electron chi connectivity index (χ1n) is 8.38. The zero-order chi connectivity index (χ0) is 18.5. The molecule has 27 heavy (non-hydrogen) atoms. The minimum atomic E-state index is -0.617. The van der Waals surface area contributed by atoms with Crippen LogP contribution in [0.15, 0.2) is 75.4 Å². The van der Waals surface area contributed by atoms with Gasteiger partial charge < -0.3 is 19.9 Å². The summed E-state index contributed by atoms with van der Waals surface area (Å²) in [7, 11) is 0. The van der Waals surface area contributed by atoms with Crippen LogP contribution in [-0.2, 0) is 0 Å². The molecule has 0 saturated carbocycles. The normalized spacial score (nSPS) is 16.2. The van der Waals surface area contributed by atoms with Crippen LogP contribution in [0.5, 0.6) is 5.75 Å². The van der Waals surface area contributed by atoms with Gasteiger partial charge in [0, 0.05) is 28.0 Å². The van der Waals surface area contributed by atoms with Crippen LogP contribution >= 0.6 is 0 Å². The van der Waals surface area contributed by atoms with Crippen molar-refractivity contribution in [3.8, 4) is 11.8 Å². The number of nitrogens with zero attached hydrogens (tertiary/aromatic N) is 1. The lowest BCUT2D eigenvalue weighted by Crippen LogP contribution is -2.25. The zero-order valence-electron chi connectivity index (χ0n) is 14.0. The molecule has 1 aliphatic heterocycles. The topological polar surface area (TPSA) is 105 Å². The number of allylic oxidation sites excluding steroid dienone is 1. The number of hydrogen-bond acceptors (Lipinski definition) is 5. The van der Waals surface area contributed by atoms with Crippen LogP contribution in [0.4, 0.5) is 0 Å². The average molecular weight is 355 g/mol. The largest absolute Gasteiger partial charge is 0.432 e. The molecule has 6 heteroatoms. The molecule has 0 bridgehead atoms. The van der Waals surface area contributed by atoms with Crippen molar-refractivity contribution in [2.45, 2.75) is 5.92 Å². The molecule has 0 fully saturated rings. The van der Waals surface area contributed by atoms with E-state index in [0.717, 1.165) is 16.5 Å². The van der Waals surface area contributed by atoms with Gasteiger partial charge in [-0.25, -0.2) is 4.79 Å². The van der Waals surface area contributed by atoms with E-state index in [9.17, 15) is 10.1 Å². The molecule has 2 aromatic carbocycles. The van der Waals surface area contributed by atoms with Gasteiger partial charge in [-0.05, 0) is 17.7 Å². The molecule has 5 rings (SSSR count). The van der Waals surface area contributed by atoms with Gasteiger partial charge in [0.05, 0.1) is 5.92 Å². The Hall–Kier alpha value is -3.98. The van der Waals surface area contributed by atoms with E-state index in [2.05, 4.69) is 11.1 Å². The van der Waals surface area contributed by atoms with E-state index < -0.39 is 11.5 Å². The maximum absolute atomic E-state index is 12.5. The number of nitrogens with two attached hydrogens (primary N) is 1. The molecule has 1 aliphatic rings. The van der Waals surface area contributed by atoms with Crippen molar-refractivity contribution >= 4 is 21.9 Å². The maximum Gasteiger partial charge on any atom is 0.380 e. The van der Waals surface area contributed by atoms with E-state index in [-0.39, 0.29) is 17.2 Å². The van der Waals surface area contributed by atoms with Crippen molar-refractivity contribution < 1.29 is 9.15 Å². The molecule has 0 amide bonds. The summed E-state index contributed by atoms with van der Waals surface area (Å²) in [6, 6.07) is 17.1. The molecule has 130 valence electrons. The number of para-hydroxylation sites is 2. The molecule has 0 aliphatic carbocycles. The van der Waals surface area contributed by atoms with E-state index in [0.29, 0.717) is 16.5 Å². The minimum Gasteiger partial charge on any atom is -0.432 e. The predicted molar refractivity (Wildman–Crippen MR) is 100 cm³/mol. The highest BCUT2D eigenvalue weighted by Crippen LogP contribution is 2.45. The number of ether oxygens (including phenoxy) is 1. The fourth-order valence-corrected chi connectivity index (χ4v) is 3.75. The fourth-order valence-electron chi connectivity index (χ4n) is 3.75. The van der Waals surface area contributed by atoms with Gasteiger partial charge in [-0.1, -0.05) is 36.4 Å². The number of aromatic amines is 1. The monoisotopic (exact) mass is 355 g/mol. The third-order valence-electron chi connectivity index (χ3n) is 4.92. The smallest absolute Gasteiger partial charge is 0.380 e. The second kappa shape index (κ2) is 5.51. The Morgan fingerprint density at radius 1 is 1.07 bits per heavy atom. The van der Waals surface area contributed by atoms with Gasteiger partial charge in [-0.15, -0.1) is 0 Å². The van der Waals surface area contributed by atoms with Crippen molar-refractivity contribution in [1.29, 1.82) is 5.26 Å². The summed E-state index contributed by atoms with van der Waals surface area (Å²) in [5.41, 5.74) is 8.47. The number of fused-ring (bicyclic) bond motifs is 4. The third kappa shape index (κ3) is 2.09. The number of hydrogen-bond donors (Lipinski definition) is 2. The number of H-pyrrole nitrogens is 1. The zero-order valence-corrected chi connectivity index (χ0v) is 14.0. The van der Waals surface area contributed by atoms with Crippen molar-refractivity contribution in [3.05, 3.63) is 87.7 Å². The van der Waals surface area contributed by atoms with Gasteiger partial charge in [0.15, 0.2) is 0 Å². The number of benzene rings is 2. The maximum atomic E-state index is 12.5. The molecule has 1 unspecified atom stereocenters. The van der Waals surface area contributed by atoms with E-state index in [1.807, 2.05) is 42.6 Å². The highest BCUT2D eigenvalue weighted by molar-refractivity contribution is 5.89. The Kier molecular flexibility index (Phi) is 3.12. The Morgan fingerprint density at radius 2 is 1.81 bits per heavy atom. The molecule has 2 aromatic heterocycles. The minimum absolute atomic E-state index is 0.0282. The summed E-state index contributed by atoms with van der Waals surface area (Å²) in [5, 5.41) is 11.5. The van der Waals surface area contributed by atoms with Crippen molar-refractivity contribution in [2.75, 3.05) is 0 Å². The summed E-state index contributed by atoms with van der Waals surface area (Å²) in [5.74, 6) is -0.591. The molecule has 3 N–H and O–H groups in total. The van der Waals surface area contributed by atoms with Gasteiger partial charge in [0.2, 0.25) is 11.6 Å². The summed E-state index contributed by atoms with van der Waals surface area (Å²) in [6.07, 6.45) is 1.85. The van der Waals surface area contributed by atoms with Crippen LogP contribution in [-0.4, -0.2) is 4.98 Å². The molecular formula is C21H13N3O3. The van der Waals surface area contributed by atoms with Gasteiger partial charge in [0.25, 0.3) is 0 Å². The number of nitriles is 1. The highest BCUT2D eigenvalue weighted by atomic mass is 16.5. The summed E-state index contributed by atoms with van der Waals surface area (Å²) in [6.45, 7) is 0. The van der Waals surface area contributed by atoms with Crippen molar-refractivity contribution in [1.82, 2.24) is 4.98 Å². The first-order chi connectivity index (χ1) is 13.2. The van der Waals surface area contributed by atoms with Gasteiger partial charge in [0.1, 0.15) is 17.2 Å². The SMILES string of the molecule is N#CC1=C(N)Oc2c(c3ccccc3oc2=O)C1c1c[nH]c2ccccc12. The predicted octanol–water partition coefficient (Wildman–Crippen LogP) is 3.49. The van der Waals surface area contributed by atoms with Gasteiger partial charge >= 0.3 is 5.63 Å². The summed E-state index contributed by atoms with van der Waals surface area (Å²) < 4.78 is 10.9. The van der Waals surface area contributed by atoms with Crippen molar-refractivity contribution in [2.24, 2.45) is 5.73 Å².